The lowest BCUT2D eigenvalue weighted by molar-refractivity contribution is 0.0660. The first-order valence-corrected chi connectivity index (χ1v) is 5.57. The molecule has 1 aromatic rings. The molecule has 0 unspecified atom stereocenters. The Bertz CT molecular complexity index is 312. The quantitative estimate of drug-likeness (QED) is 0.739. The van der Waals surface area contributed by atoms with Crippen LogP contribution in [0.15, 0.2) is 11.7 Å². The first-order chi connectivity index (χ1) is 6.79. The largest absolute Gasteiger partial charge is 0.333 e. The van der Waals surface area contributed by atoms with E-state index in [0.29, 0.717) is 0 Å². The van der Waals surface area contributed by atoms with E-state index >= 15 is 0 Å². The Labute approximate surface area is 86.9 Å². The van der Waals surface area contributed by atoms with Gasteiger partial charge in [0.1, 0.15) is 4.88 Å². The molecule has 0 spiro atoms. The summed E-state index contributed by atoms with van der Waals surface area (Å²) in [5, 5.41) is 3.26. The van der Waals surface area contributed by atoms with E-state index < -0.39 is 0 Å². The second-order valence-corrected chi connectivity index (χ2v) is 4.30. The number of hydrogen-bond donors (Lipinski definition) is 1. The zero-order valence-electron chi connectivity index (χ0n) is 8.06. The van der Waals surface area contributed by atoms with Crippen LogP contribution in [0.1, 0.15) is 16.6 Å². The highest BCUT2D eigenvalue weighted by Crippen LogP contribution is 2.13. The standard InChI is InChI=1S/C9H13N3OS/c1-7-4-10-2-3-12(7)9(13)8-5-11-6-14-8/h5-7,10H,2-4H2,1H3/t7-/m0/s1. The molecule has 1 saturated heterocycles. The van der Waals surface area contributed by atoms with Crippen molar-refractivity contribution in [3.05, 3.63) is 16.6 Å². The molecule has 1 fully saturated rings. The molecule has 0 aromatic carbocycles. The van der Waals surface area contributed by atoms with Gasteiger partial charge in [0.15, 0.2) is 0 Å². The summed E-state index contributed by atoms with van der Waals surface area (Å²) < 4.78 is 0. The van der Waals surface area contributed by atoms with Gasteiger partial charge in [-0.05, 0) is 6.92 Å². The summed E-state index contributed by atoms with van der Waals surface area (Å²) >= 11 is 1.40. The molecule has 1 amide bonds. The van der Waals surface area contributed by atoms with Gasteiger partial charge in [-0.1, -0.05) is 0 Å². The summed E-state index contributed by atoms with van der Waals surface area (Å²) in [5.41, 5.74) is 1.69. The number of rotatable bonds is 1. The third-order valence-electron chi connectivity index (χ3n) is 2.41. The maximum Gasteiger partial charge on any atom is 0.265 e. The SMILES string of the molecule is C[C@H]1CNCCN1C(=O)c1cncs1. The minimum atomic E-state index is 0.113. The van der Waals surface area contributed by atoms with Crippen LogP contribution in [0.5, 0.6) is 0 Å². The molecule has 1 aliphatic heterocycles. The molecule has 14 heavy (non-hydrogen) atoms. The Morgan fingerprint density at radius 3 is 3.29 bits per heavy atom. The molecule has 5 heteroatoms. The summed E-state index contributed by atoms with van der Waals surface area (Å²) in [7, 11) is 0. The van der Waals surface area contributed by atoms with Gasteiger partial charge in [0.25, 0.3) is 5.91 Å². The predicted molar refractivity (Wildman–Crippen MR) is 55.5 cm³/mol. The molecule has 4 nitrogen and oxygen atoms in total. The van der Waals surface area contributed by atoms with Crippen LogP contribution < -0.4 is 5.32 Å². The fourth-order valence-corrected chi connectivity index (χ4v) is 2.18. The van der Waals surface area contributed by atoms with Gasteiger partial charge in [0.2, 0.25) is 0 Å². The third kappa shape index (κ3) is 1.78. The van der Waals surface area contributed by atoms with Crippen LogP contribution in [-0.2, 0) is 0 Å². The van der Waals surface area contributed by atoms with Crippen molar-refractivity contribution >= 4 is 17.2 Å². The molecule has 1 N–H and O–H groups in total. The molecular weight excluding hydrogens is 198 g/mol. The summed E-state index contributed by atoms with van der Waals surface area (Å²) in [4.78, 5) is 18.5. The van der Waals surface area contributed by atoms with Gasteiger partial charge in [0, 0.05) is 25.7 Å². The van der Waals surface area contributed by atoms with Crippen molar-refractivity contribution in [3.8, 4) is 0 Å². The highest BCUT2D eigenvalue weighted by Gasteiger charge is 2.24. The molecule has 2 rings (SSSR count). The summed E-state index contributed by atoms with van der Waals surface area (Å²) in [6.07, 6.45) is 1.64. The van der Waals surface area contributed by atoms with E-state index in [1.54, 1.807) is 11.7 Å². The Kier molecular flexibility index (Phi) is 2.79. The lowest BCUT2D eigenvalue weighted by Gasteiger charge is -2.33. The number of amides is 1. The van der Waals surface area contributed by atoms with Crippen LogP contribution in [0.25, 0.3) is 0 Å². The van der Waals surface area contributed by atoms with Crippen molar-refractivity contribution in [2.75, 3.05) is 19.6 Å². The maximum atomic E-state index is 11.9. The van der Waals surface area contributed by atoms with E-state index in [1.165, 1.54) is 11.3 Å². The first kappa shape index (κ1) is 9.61. The number of aromatic nitrogens is 1. The Morgan fingerprint density at radius 1 is 1.79 bits per heavy atom. The zero-order chi connectivity index (χ0) is 9.97. The predicted octanol–water partition coefficient (Wildman–Crippen LogP) is 0.577. The number of piperazine rings is 1. The maximum absolute atomic E-state index is 11.9. The number of nitrogens with zero attached hydrogens (tertiary/aromatic N) is 2. The topological polar surface area (TPSA) is 45.2 Å². The molecule has 0 radical (unpaired) electrons. The second-order valence-electron chi connectivity index (χ2n) is 3.42. The Hall–Kier alpha value is -0.940. The smallest absolute Gasteiger partial charge is 0.265 e. The Balaban J connectivity index is 2.10. The number of thiazole rings is 1. The molecule has 0 saturated carbocycles. The van der Waals surface area contributed by atoms with Gasteiger partial charge in [-0.3, -0.25) is 9.78 Å². The lowest BCUT2D eigenvalue weighted by Crippen LogP contribution is -2.52. The molecule has 76 valence electrons. The van der Waals surface area contributed by atoms with E-state index in [1.807, 2.05) is 4.90 Å². The van der Waals surface area contributed by atoms with Crippen LogP contribution >= 0.6 is 11.3 Å². The highest BCUT2D eigenvalue weighted by molar-refractivity contribution is 7.11. The van der Waals surface area contributed by atoms with Gasteiger partial charge < -0.3 is 10.2 Å². The van der Waals surface area contributed by atoms with Gasteiger partial charge >= 0.3 is 0 Å². The zero-order valence-corrected chi connectivity index (χ0v) is 8.88. The van der Waals surface area contributed by atoms with Crippen molar-refractivity contribution in [2.45, 2.75) is 13.0 Å². The average molecular weight is 211 g/mol. The molecule has 1 aromatic heterocycles. The number of carbonyl (C=O) groups excluding carboxylic acids is 1. The summed E-state index contributed by atoms with van der Waals surface area (Å²) in [5.74, 6) is 0.113. The molecule has 2 heterocycles. The van der Waals surface area contributed by atoms with Gasteiger partial charge in [-0.15, -0.1) is 11.3 Å². The van der Waals surface area contributed by atoms with E-state index in [2.05, 4.69) is 17.2 Å². The van der Waals surface area contributed by atoms with E-state index in [4.69, 9.17) is 0 Å². The number of nitrogens with one attached hydrogen (secondary N) is 1. The van der Waals surface area contributed by atoms with Crippen LogP contribution in [0, 0.1) is 0 Å². The number of carbonyl (C=O) groups is 1. The van der Waals surface area contributed by atoms with Crippen molar-refractivity contribution in [1.82, 2.24) is 15.2 Å². The molecule has 1 atom stereocenters. The van der Waals surface area contributed by atoms with Crippen LogP contribution in [0.2, 0.25) is 0 Å². The molecule has 0 aliphatic carbocycles. The van der Waals surface area contributed by atoms with Crippen molar-refractivity contribution in [3.63, 3.8) is 0 Å². The van der Waals surface area contributed by atoms with E-state index in [9.17, 15) is 4.79 Å². The van der Waals surface area contributed by atoms with E-state index in [-0.39, 0.29) is 11.9 Å². The average Bonchev–Trinajstić information content (AvgIpc) is 2.70. The second kappa shape index (κ2) is 4.06. The number of hydrogen-bond acceptors (Lipinski definition) is 4. The summed E-state index contributed by atoms with van der Waals surface area (Å²) in [6, 6.07) is 0.276. The monoisotopic (exact) mass is 211 g/mol. The van der Waals surface area contributed by atoms with Gasteiger partial charge in [0.05, 0.1) is 11.7 Å². The van der Waals surface area contributed by atoms with Crippen molar-refractivity contribution in [1.29, 1.82) is 0 Å². The highest BCUT2D eigenvalue weighted by atomic mass is 32.1. The van der Waals surface area contributed by atoms with Gasteiger partial charge in [-0.25, -0.2) is 0 Å². The van der Waals surface area contributed by atoms with Crippen LogP contribution in [0.3, 0.4) is 0 Å². The minimum Gasteiger partial charge on any atom is -0.333 e. The fourth-order valence-electron chi connectivity index (χ4n) is 1.61. The fraction of sp³-hybridized carbons (Fsp3) is 0.556. The minimum absolute atomic E-state index is 0.113. The lowest BCUT2D eigenvalue weighted by atomic mass is 10.2. The Morgan fingerprint density at radius 2 is 2.64 bits per heavy atom. The van der Waals surface area contributed by atoms with Crippen molar-refractivity contribution in [2.24, 2.45) is 0 Å². The van der Waals surface area contributed by atoms with Crippen molar-refractivity contribution < 1.29 is 4.79 Å². The molecule has 0 bridgehead atoms. The molecule has 1 aliphatic rings. The van der Waals surface area contributed by atoms with E-state index in [0.717, 1.165) is 24.5 Å². The van der Waals surface area contributed by atoms with Crippen LogP contribution in [-0.4, -0.2) is 41.5 Å². The third-order valence-corrected chi connectivity index (χ3v) is 3.17. The van der Waals surface area contributed by atoms with Crippen LogP contribution in [0.4, 0.5) is 0 Å². The van der Waals surface area contributed by atoms with Gasteiger partial charge in [-0.2, -0.15) is 0 Å². The first-order valence-electron chi connectivity index (χ1n) is 4.69. The molecular formula is C9H13N3OS. The summed E-state index contributed by atoms with van der Waals surface area (Å²) in [6.45, 7) is 4.61. The normalized spacial score (nSPS) is 22.4.